The quantitative estimate of drug-likeness (QED) is 0.903. The van der Waals surface area contributed by atoms with Crippen LogP contribution in [0.1, 0.15) is 5.76 Å². The van der Waals surface area contributed by atoms with Gasteiger partial charge in [-0.3, -0.25) is 4.79 Å². The van der Waals surface area contributed by atoms with E-state index in [0.29, 0.717) is 12.3 Å². The van der Waals surface area contributed by atoms with Crippen molar-refractivity contribution in [3.8, 4) is 11.3 Å². The zero-order valence-corrected chi connectivity index (χ0v) is 12.9. The van der Waals surface area contributed by atoms with Crippen LogP contribution >= 0.6 is 27.7 Å². The number of halogens is 1. The van der Waals surface area contributed by atoms with Crippen LogP contribution in [0.2, 0.25) is 0 Å². The van der Waals surface area contributed by atoms with Gasteiger partial charge in [-0.25, -0.2) is 0 Å². The van der Waals surface area contributed by atoms with Crippen molar-refractivity contribution >= 4 is 33.6 Å². The molecule has 2 aromatic rings. The number of hydrogen-bond acceptors (Lipinski definition) is 3. The van der Waals surface area contributed by atoms with Gasteiger partial charge in [0.1, 0.15) is 11.5 Å². The van der Waals surface area contributed by atoms with E-state index in [1.54, 1.807) is 0 Å². The van der Waals surface area contributed by atoms with Gasteiger partial charge in [0.25, 0.3) is 0 Å². The highest BCUT2D eigenvalue weighted by Crippen LogP contribution is 2.23. The van der Waals surface area contributed by atoms with Crippen LogP contribution in [0.5, 0.6) is 0 Å². The van der Waals surface area contributed by atoms with Gasteiger partial charge in [0.15, 0.2) is 0 Å². The Morgan fingerprint density at radius 3 is 2.68 bits per heavy atom. The third-order valence-electron chi connectivity index (χ3n) is 2.53. The maximum absolute atomic E-state index is 11.4. The summed E-state index contributed by atoms with van der Waals surface area (Å²) in [5.74, 6) is 2.06. The smallest absolute Gasteiger partial charge is 0.230 e. The van der Waals surface area contributed by atoms with Gasteiger partial charge >= 0.3 is 0 Å². The average Bonchev–Trinajstić information content (AvgIpc) is 2.86. The molecule has 3 nitrogen and oxygen atoms in total. The highest BCUT2D eigenvalue weighted by molar-refractivity contribution is 9.10. The molecule has 1 N–H and O–H groups in total. The van der Waals surface area contributed by atoms with Gasteiger partial charge in [-0.05, 0) is 30.5 Å². The summed E-state index contributed by atoms with van der Waals surface area (Å²) in [4.78, 5) is 11.4. The first-order valence-electron chi connectivity index (χ1n) is 5.79. The molecule has 0 aliphatic carbocycles. The van der Waals surface area contributed by atoms with Crippen molar-refractivity contribution < 1.29 is 9.21 Å². The molecule has 1 aromatic heterocycles. The summed E-state index contributed by atoms with van der Waals surface area (Å²) >= 11 is 4.90. The lowest BCUT2D eigenvalue weighted by Gasteiger charge is -2.01. The number of hydrogen-bond donors (Lipinski definition) is 1. The van der Waals surface area contributed by atoms with Gasteiger partial charge in [0.05, 0.1) is 12.3 Å². The van der Waals surface area contributed by atoms with Gasteiger partial charge in [0, 0.05) is 10.0 Å². The van der Waals surface area contributed by atoms with Crippen LogP contribution in [0, 0.1) is 0 Å². The van der Waals surface area contributed by atoms with Crippen LogP contribution in [0.15, 0.2) is 45.3 Å². The number of amides is 1. The molecule has 1 heterocycles. The molecular formula is C14H14BrNO2S. The number of nitrogens with one attached hydrogen (secondary N) is 1. The van der Waals surface area contributed by atoms with E-state index in [-0.39, 0.29) is 5.91 Å². The normalized spacial score (nSPS) is 10.4. The molecule has 0 bridgehead atoms. The zero-order chi connectivity index (χ0) is 13.7. The van der Waals surface area contributed by atoms with Crippen molar-refractivity contribution in [1.82, 2.24) is 5.32 Å². The number of carbonyl (C=O) groups is 1. The third-order valence-corrected chi connectivity index (χ3v) is 3.61. The first-order chi connectivity index (χ1) is 9.19. The minimum absolute atomic E-state index is 0.0223. The molecule has 0 atom stereocenters. The second-order valence-corrected chi connectivity index (χ2v) is 5.76. The fraction of sp³-hybridized carbons (Fsp3) is 0.214. The Hall–Kier alpha value is -1.20. The summed E-state index contributed by atoms with van der Waals surface area (Å²) in [6, 6.07) is 11.7. The average molecular weight is 340 g/mol. The van der Waals surface area contributed by atoms with E-state index in [4.69, 9.17) is 4.42 Å². The molecule has 100 valence electrons. The van der Waals surface area contributed by atoms with Crippen molar-refractivity contribution in [1.29, 1.82) is 0 Å². The lowest BCUT2D eigenvalue weighted by Crippen LogP contribution is -2.24. The molecule has 19 heavy (non-hydrogen) atoms. The Balaban J connectivity index is 1.99. The summed E-state index contributed by atoms with van der Waals surface area (Å²) in [7, 11) is 0. The van der Waals surface area contributed by atoms with E-state index in [9.17, 15) is 4.79 Å². The standard InChI is InChI=1S/C14H14BrNO2S/c1-19-9-14(17)16-8-12-6-7-13(18-12)10-2-4-11(15)5-3-10/h2-7H,8-9H2,1H3,(H,16,17). The van der Waals surface area contributed by atoms with Gasteiger partial charge in [-0.1, -0.05) is 28.1 Å². The van der Waals surface area contributed by atoms with Crippen molar-refractivity contribution in [2.24, 2.45) is 0 Å². The Bertz CT molecular complexity index is 551. The highest BCUT2D eigenvalue weighted by atomic mass is 79.9. The number of benzene rings is 1. The topological polar surface area (TPSA) is 42.2 Å². The predicted molar refractivity (Wildman–Crippen MR) is 82.1 cm³/mol. The molecule has 1 amide bonds. The molecule has 2 rings (SSSR count). The van der Waals surface area contributed by atoms with E-state index in [0.717, 1.165) is 21.6 Å². The first-order valence-corrected chi connectivity index (χ1v) is 7.98. The molecule has 1 aromatic carbocycles. The molecule has 0 unspecified atom stereocenters. The van der Waals surface area contributed by atoms with Crippen molar-refractivity contribution in [3.63, 3.8) is 0 Å². The van der Waals surface area contributed by atoms with E-state index in [1.165, 1.54) is 11.8 Å². The monoisotopic (exact) mass is 339 g/mol. The van der Waals surface area contributed by atoms with Crippen LogP contribution in [-0.4, -0.2) is 17.9 Å². The van der Waals surface area contributed by atoms with Gasteiger partial charge in [-0.2, -0.15) is 11.8 Å². The van der Waals surface area contributed by atoms with Crippen molar-refractivity contribution in [3.05, 3.63) is 46.6 Å². The zero-order valence-electron chi connectivity index (χ0n) is 10.5. The molecule has 0 aliphatic rings. The van der Waals surface area contributed by atoms with Crippen LogP contribution in [0.25, 0.3) is 11.3 Å². The van der Waals surface area contributed by atoms with E-state index in [2.05, 4.69) is 21.2 Å². The fourth-order valence-electron chi connectivity index (χ4n) is 1.61. The Morgan fingerprint density at radius 1 is 1.26 bits per heavy atom. The Morgan fingerprint density at radius 2 is 2.00 bits per heavy atom. The fourth-order valence-corrected chi connectivity index (χ4v) is 2.24. The number of furan rings is 1. The number of carbonyl (C=O) groups excluding carboxylic acids is 1. The molecule has 5 heteroatoms. The maximum Gasteiger partial charge on any atom is 0.230 e. The summed E-state index contributed by atoms with van der Waals surface area (Å²) in [6.07, 6.45) is 1.90. The first kappa shape index (κ1) is 14.2. The minimum atomic E-state index is 0.0223. The largest absolute Gasteiger partial charge is 0.459 e. The lowest BCUT2D eigenvalue weighted by atomic mass is 10.2. The number of rotatable bonds is 5. The minimum Gasteiger partial charge on any atom is -0.459 e. The lowest BCUT2D eigenvalue weighted by molar-refractivity contribution is -0.118. The Labute approximate surface area is 124 Å². The van der Waals surface area contributed by atoms with E-state index in [1.807, 2.05) is 42.7 Å². The molecule has 0 radical (unpaired) electrons. The molecule has 0 saturated heterocycles. The van der Waals surface area contributed by atoms with Gasteiger partial charge in [0.2, 0.25) is 5.91 Å². The molecule has 0 spiro atoms. The highest BCUT2D eigenvalue weighted by Gasteiger charge is 2.06. The molecule has 0 fully saturated rings. The van der Waals surface area contributed by atoms with Crippen LogP contribution in [-0.2, 0) is 11.3 Å². The van der Waals surface area contributed by atoms with Crippen LogP contribution < -0.4 is 5.32 Å². The summed E-state index contributed by atoms with van der Waals surface area (Å²) < 4.78 is 6.74. The molecule has 0 saturated carbocycles. The number of thioether (sulfide) groups is 1. The Kier molecular flexibility index (Phi) is 5.10. The summed E-state index contributed by atoms with van der Waals surface area (Å²) in [6.45, 7) is 0.427. The van der Waals surface area contributed by atoms with Crippen LogP contribution in [0.4, 0.5) is 0 Å². The van der Waals surface area contributed by atoms with E-state index < -0.39 is 0 Å². The second-order valence-electron chi connectivity index (χ2n) is 3.98. The molecule has 0 aliphatic heterocycles. The van der Waals surface area contributed by atoms with Gasteiger partial charge < -0.3 is 9.73 Å². The second kappa shape index (κ2) is 6.82. The van der Waals surface area contributed by atoms with Crippen molar-refractivity contribution in [2.75, 3.05) is 12.0 Å². The third kappa shape index (κ3) is 4.14. The summed E-state index contributed by atoms with van der Waals surface area (Å²) in [5, 5.41) is 2.81. The maximum atomic E-state index is 11.4. The predicted octanol–water partition coefficient (Wildman–Crippen LogP) is 3.69. The van der Waals surface area contributed by atoms with Gasteiger partial charge in [-0.15, -0.1) is 0 Å². The van der Waals surface area contributed by atoms with Crippen molar-refractivity contribution in [2.45, 2.75) is 6.54 Å². The molecular weight excluding hydrogens is 326 g/mol. The summed E-state index contributed by atoms with van der Waals surface area (Å²) in [5.41, 5.74) is 1.02. The SMILES string of the molecule is CSCC(=O)NCc1ccc(-c2ccc(Br)cc2)o1. The van der Waals surface area contributed by atoms with Crippen LogP contribution in [0.3, 0.4) is 0 Å². The van der Waals surface area contributed by atoms with E-state index >= 15 is 0 Å².